The minimum atomic E-state index is 1.25. The van der Waals surface area contributed by atoms with Crippen LogP contribution in [0.4, 0.5) is 0 Å². The lowest BCUT2D eigenvalue weighted by atomic mass is 9.98. The topological polar surface area (TPSA) is 3.88 Å². The molecule has 0 spiro atoms. The van der Waals surface area contributed by atoms with Gasteiger partial charge in [0.1, 0.15) is 7.05 Å². The molecule has 4 rings (SSSR count). The van der Waals surface area contributed by atoms with Gasteiger partial charge in [0.2, 0.25) is 11.2 Å². The SMILES string of the molecule is Cc1ccc2c(ccc(-c3cc4ccccc4cc3C)[n+]2C)c1. The monoisotopic (exact) mass is 298 g/mol. The number of fused-ring (bicyclic) bond motifs is 2. The van der Waals surface area contributed by atoms with E-state index in [0.29, 0.717) is 0 Å². The first-order valence-corrected chi connectivity index (χ1v) is 8.03. The third kappa shape index (κ3) is 2.29. The van der Waals surface area contributed by atoms with Gasteiger partial charge in [-0.15, -0.1) is 0 Å². The minimum absolute atomic E-state index is 1.25. The minimum Gasteiger partial charge on any atom is -0.194 e. The van der Waals surface area contributed by atoms with Crippen molar-refractivity contribution in [3.05, 3.63) is 77.9 Å². The van der Waals surface area contributed by atoms with E-state index in [4.69, 9.17) is 0 Å². The van der Waals surface area contributed by atoms with Crippen LogP contribution in [0.3, 0.4) is 0 Å². The van der Waals surface area contributed by atoms with Crippen molar-refractivity contribution in [2.45, 2.75) is 13.8 Å². The molecule has 0 amide bonds. The van der Waals surface area contributed by atoms with Gasteiger partial charge in [-0.05, 0) is 48.4 Å². The lowest BCUT2D eigenvalue weighted by Crippen LogP contribution is -2.32. The molecule has 0 unspecified atom stereocenters. The van der Waals surface area contributed by atoms with E-state index in [2.05, 4.69) is 92.2 Å². The second-order valence-electron chi connectivity index (χ2n) is 6.35. The summed E-state index contributed by atoms with van der Waals surface area (Å²) in [5.74, 6) is 0. The van der Waals surface area contributed by atoms with Gasteiger partial charge in [0.15, 0.2) is 0 Å². The molecule has 23 heavy (non-hydrogen) atoms. The van der Waals surface area contributed by atoms with Gasteiger partial charge in [0.05, 0.1) is 0 Å². The van der Waals surface area contributed by atoms with Crippen LogP contribution in [0, 0.1) is 13.8 Å². The zero-order valence-corrected chi connectivity index (χ0v) is 13.8. The molecule has 1 heteroatoms. The van der Waals surface area contributed by atoms with E-state index < -0.39 is 0 Å². The van der Waals surface area contributed by atoms with Gasteiger partial charge < -0.3 is 0 Å². The molecule has 1 nitrogen and oxygen atoms in total. The second kappa shape index (κ2) is 5.20. The van der Waals surface area contributed by atoms with Crippen LogP contribution < -0.4 is 4.57 Å². The van der Waals surface area contributed by atoms with E-state index in [1.807, 2.05) is 0 Å². The van der Waals surface area contributed by atoms with Crippen molar-refractivity contribution >= 4 is 21.7 Å². The van der Waals surface area contributed by atoms with Crippen molar-refractivity contribution in [3.63, 3.8) is 0 Å². The molecule has 3 aromatic carbocycles. The molecule has 0 N–H and O–H groups in total. The van der Waals surface area contributed by atoms with Crippen LogP contribution in [-0.2, 0) is 7.05 Å². The zero-order chi connectivity index (χ0) is 16.0. The van der Waals surface area contributed by atoms with Crippen LogP contribution >= 0.6 is 0 Å². The molecule has 0 saturated carbocycles. The van der Waals surface area contributed by atoms with Crippen LogP contribution in [0.25, 0.3) is 32.9 Å². The van der Waals surface area contributed by atoms with Gasteiger partial charge in [-0.3, -0.25) is 0 Å². The second-order valence-corrected chi connectivity index (χ2v) is 6.35. The van der Waals surface area contributed by atoms with Crippen molar-refractivity contribution in [1.82, 2.24) is 0 Å². The molecule has 1 heterocycles. The summed E-state index contributed by atoms with van der Waals surface area (Å²) < 4.78 is 2.30. The predicted octanol–water partition coefficient (Wildman–Crippen LogP) is 5.10. The largest absolute Gasteiger partial charge is 0.213 e. The normalized spacial score (nSPS) is 11.3. The Balaban J connectivity index is 2.00. The number of benzene rings is 3. The lowest BCUT2D eigenvalue weighted by Gasteiger charge is -2.09. The first-order chi connectivity index (χ1) is 11.1. The Morgan fingerprint density at radius 3 is 2.22 bits per heavy atom. The molecular weight excluding hydrogens is 278 g/mol. The standard InChI is InChI=1S/C22H20N/c1-15-8-10-21-19(12-15)9-11-22(23(21)3)20-14-18-7-5-4-6-17(18)13-16(20)2/h4-14H,1-3H3/q+1. The molecular formula is C22H20N+. The Kier molecular flexibility index (Phi) is 3.16. The number of rotatable bonds is 1. The molecule has 4 aromatic rings. The van der Waals surface area contributed by atoms with Crippen LogP contribution in [-0.4, -0.2) is 0 Å². The number of hydrogen-bond donors (Lipinski definition) is 0. The molecule has 1 aromatic heterocycles. The van der Waals surface area contributed by atoms with Crippen LogP contribution in [0.1, 0.15) is 11.1 Å². The molecule has 0 bridgehead atoms. The predicted molar refractivity (Wildman–Crippen MR) is 97.5 cm³/mol. The van der Waals surface area contributed by atoms with E-state index in [-0.39, 0.29) is 0 Å². The quantitative estimate of drug-likeness (QED) is 0.430. The summed E-state index contributed by atoms with van der Waals surface area (Å²) in [6, 6.07) is 24.2. The van der Waals surface area contributed by atoms with Crippen molar-refractivity contribution in [1.29, 1.82) is 0 Å². The Hall–Kier alpha value is -2.67. The van der Waals surface area contributed by atoms with Crippen molar-refractivity contribution < 1.29 is 4.57 Å². The van der Waals surface area contributed by atoms with Gasteiger partial charge in [0.25, 0.3) is 0 Å². The molecule has 0 saturated heterocycles. The third-order valence-electron chi connectivity index (χ3n) is 4.70. The van der Waals surface area contributed by atoms with Gasteiger partial charge in [-0.1, -0.05) is 42.0 Å². The van der Waals surface area contributed by atoms with Crippen molar-refractivity contribution in [2.24, 2.45) is 7.05 Å². The molecule has 0 aliphatic heterocycles. The van der Waals surface area contributed by atoms with Gasteiger partial charge in [-0.2, -0.15) is 4.57 Å². The van der Waals surface area contributed by atoms with Gasteiger partial charge in [-0.25, -0.2) is 0 Å². The Bertz CT molecular complexity index is 1040. The third-order valence-corrected chi connectivity index (χ3v) is 4.70. The average Bonchev–Trinajstić information content (AvgIpc) is 2.55. The van der Waals surface area contributed by atoms with E-state index in [1.165, 1.54) is 44.1 Å². The van der Waals surface area contributed by atoms with Crippen molar-refractivity contribution in [2.75, 3.05) is 0 Å². The number of aryl methyl sites for hydroxylation is 3. The highest BCUT2D eigenvalue weighted by Gasteiger charge is 2.16. The Morgan fingerprint density at radius 2 is 1.43 bits per heavy atom. The summed E-state index contributed by atoms with van der Waals surface area (Å²) in [6.07, 6.45) is 0. The summed E-state index contributed by atoms with van der Waals surface area (Å²) in [4.78, 5) is 0. The smallest absolute Gasteiger partial charge is 0.194 e. The molecule has 0 radical (unpaired) electrons. The fourth-order valence-corrected chi connectivity index (χ4v) is 3.42. The summed E-state index contributed by atoms with van der Waals surface area (Å²) >= 11 is 0. The maximum Gasteiger partial charge on any atom is 0.213 e. The number of pyridine rings is 1. The first-order valence-electron chi connectivity index (χ1n) is 8.03. The summed E-state index contributed by atoms with van der Waals surface area (Å²) in [5.41, 5.74) is 6.43. The summed E-state index contributed by atoms with van der Waals surface area (Å²) in [6.45, 7) is 4.34. The van der Waals surface area contributed by atoms with Gasteiger partial charge >= 0.3 is 0 Å². The molecule has 0 atom stereocenters. The van der Waals surface area contributed by atoms with E-state index in [1.54, 1.807) is 0 Å². The fraction of sp³-hybridized carbons (Fsp3) is 0.136. The van der Waals surface area contributed by atoms with Crippen LogP contribution in [0.15, 0.2) is 66.7 Å². The van der Waals surface area contributed by atoms with Gasteiger partial charge in [0, 0.05) is 23.1 Å². The fourth-order valence-electron chi connectivity index (χ4n) is 3.42. The molecule has 0 fully saturated rings. The average molecular weight is 298 g/mol. The summed E-state index contributed by atoms with van der Waals surface area (Å²) in [7, 11) is 2.15. The highest BCUT2D eigenvalue weighted by molar-refractivity contribution is 5.88. The number of aromatic nitrogens is 1. The molecule has 0 aliphatic rings. The maximum absolute atomic E-state index is 2.31. The van der Waals surface area contributed by atoms with Crippen LogP contribution in [0.5, 0.6) is 0 Å². The van der Waals surface area contributed by atoms with Crippen molar-refractivity contribution in [3.8, 4) is 11.3 Å². The zero-order valence-electron chi connectivity index (χ0n) is 13.8. The maximum atomic E-state index is 2.31. The molecule has 0 aliphatic carbocycles. The number of nitrogens with zero attached hydrogens (tertiary/aromatic N) is 1. The first kappa shape index (κ1) is 14.0. The van der Waals surface area contributed by atoms with E-state index in [9.17, 15) is 0 Å². The van der Waals surface area contributed by atoms with Crippen LogP contribution in [0.2, 0.25) is 0 Å². The lowest BCUT2D eigenvalue weighted by molar-refractivity contribution is -0.633. The Labute approximate surface area is 136 Å². The number of hydrogen-bond acceptors (Lipinski definition) is 0. The molecule has 112 valence electrons. The van der Waals surface area contributed by atoms with E-state index in [0.717, 1.165) is 0 Å². The summed E-state index contributed by atoms with van der Waals surface area (Å²) in [5, 5.41) is 3.87. The highest BCUT2D eigenvalue weighted by atomic mass is 14.9. The Morgan fingerprint density at radius 1 is 0.696 bits per heavy atom. The van der Waals surface area contributed by atoms with E-state index >= 15 is 0 Å². The highest BCUT2D eigenvalue weighted by Crippen LogP contribution is 2.27.